The van der Waals surface area contributed by atoms with Crippen molar-refractivity contribution in [3.63, 3.8) is 0 Å². The minimum absolute atomic E-state index is 0.0313. The molecule has 0 radical (unpaired) electrons. The first kappa shape index (κ1) is 14.3. The van der Waals surface area contributed by atoms with Crippen LogP contribution in [0.15, 0.2) is 0 Å². The second-order valence-corrected chi connectivity index (χ2v) is 9.05. The number of sulfone groups is 1. The Morgan fingerprint density at radius 3 is 2.44 bits per heavy atom. The van der Waals surface area contributed by atoms with Gasteiger partial charge in [-0.2, -0.15) is 0 Å². The fraction of sp³-hybridized carbons (Fsp3) is 1.00. The molecule has 0 amide bonds. The van der Waals surface area contributed by atoms with E-state index >= 15 is 0 Å². The van der Waals surface area contributed by atoms with Crippen molar-refractivity contribution in [1.29, 1.82) is 0 Å². The molecule has 1 aliphatic carbocycles. The maximum atomic E-state index is 11.8. The maximum Gasteiger partial charge on any atom is 0.155 e. The van der Waals surface area contributed by atoms with Crippen molar-refractivity contribution in [2.75, 3.05) is 12.9 Å². The van der Waals surface area contributed by atoms with Crippen molar-refractivity contribution in [1.82, 2.24) is 0 Å². The lowest BCUT2D eigenvalue weighted by Gasteiger charge is -2.49. The molecule has 2 atom stereocenters. The van der Waals surface area contributed by atoms with Gasteiger partial charge < -0.3 is 9.84 Å². The van der Waals surface area contributed by atoms with E-state index in [1.165, 1.54) is 12.7 Å². The lowest BCUT2D eigenvalue weighted by molar-refractivity contribution is -0.158. The summed E-state index contributed by atoms with van der Waals surface area (Å²) < 4.78 is 28.3. The summed E-state index contributed by atoms with van der Waals surface area (Å²) in [6, 6.07) is 0. The summed E-state index contributed by atoms with van der Waals surface area (Å²) in [5, 5.41) is 10.5. The molecule has 1 saturated heterocycles. The topological polar surface area (TPSA) is 63.6 Å². The maximum absolute atomic E-state index is 11.8. The van der Waals surface area contributed by atoms with Crippen molar-refractivity contribution in [3.8, 4) is 0 Å². The third kappa shape index (κ3) is 2.32. The van der Waals surface area contributed by atoms with Crippen LogP contribution in [0.2, 0.25) is 0 Å². The highest BCUT2D eigenvalue weighted by Gasteiger charge is 2.49. The first-order valence-electron chi connectivity index (χ1n) is 6.70. The van der Waals surface area contributed by atoms with E-state index in [-0.39, 0.29) is 11.5 Å². The molecule has 2 rings (SSSR count). The Kier molecular flexibility index (Phi) is 3.54. The molecular weight excluding hydrogens is 252 g/mol. The van der Waals surface area contributed by atoms with Gasteiger partial charge in [-0.15, -0.1) is 0 Å². The Balaban J connectivity index is 2.11. The van der Waals surface area contributed by atoms with Crippen LogP contribution in [0.25, 0.3) is 0 Å². The molecule has 18 heavy (non-hydrogen) atoms. The highest BCUT2D eigenvalue weighted by atomic mass is 32.2. The van der Waals surface area contributed by atoms with Gasteiger partial charge in [0.25, 0.3) is 0 Å². The van der Waals surface area contributed by atoms with Gasteiger partial charge in [0.2, 0.25) is 0 Å². The summed E-state index contributed by atoms with van der Waals surface area (Å²) in [4.78, 5) is 0. The summed E-state index contributed by atoms with van der Waals surface area (Å²) in [5.74, 6) is 0.0313. The highest BCUT2D eigenvalue weighted by Crippen LogP contribution is 2.46. The van der Waals surface area contributed by atoms with Crippen LogP contribution in [0.3, 0.4) is 0 Å². The zero-order valence-electron chi connectivity index (χ0n) is 11.5. The van der Waals surface area contributed by atoms with Crippen LogP contribution in [0, 0.1) is 5.92 Å². The molecule has 1 N–H and O–H groups in total. The molecule has 4 nitrogen and oxygen atoms in total. The minimum atomic E-state index is -3.27. The Morgan fingerprint density at radius 2 is 2.00 bits per heavy atom. The van der Waals surface area contributed by atoms with E-state index in [1.54, 1.807) is 13.8 Å². The molecule has 106 valence electrons. The minimum Gasteiger partial charge on any atom is -0.391 e. The number of hydrogen-bond acceptors (Lipinski definition) is 4. The molecule has 5 heteroatoms. The Labute approximate surface area is 110 Å². The van der Waals surface area contributed by atoms with Gasteiger partial charge in [0.15, 0.2) is 9.84 Å². The average molecular weight is 276 g/mol. The summed E-state index contributed by atoms with van der Waals surface area (Å²) >= 11 is 0. The van der Waals surface area contributed by atoms with E-state index in [4.69, 9.17) is 4.74 Å². The van der Waals surface area contributed by atoms with Gasteiger partial charge in [-0.05, 0) is 51.9 Å². The van der Waals surface area contributed by atoms with Crippen molar-refractivity contribution >= 4 is 9.84 Å². The van der Waals surface area contributed by atoms with E-state index in [0.717, 1.165) is 25.7 Å². The van der Waals surface area contributed by atoms with Crippen molar-refractivity contribution in [3.05, 3.63) is 0 Å². The highest BCUT2D eigenvalue weighted by molar-refractivity contribution is 7.92. The van der Waals surface area contributed by atoms with E-state index in [9.17, 15) is 13.5 Å². The number of ether oxygens (including phenoxy) is 1. The van der Waals surface area contributed by atoms with Gasteiger partial charge in [-0.1, -0.05) is 0 Å². The zero-order chi connectivity index (χ0) is 13.6. The normalized spacial score (nSPS) is 29.9. The average Bonchev–Trinajstić information content (AvgIpc) is 2.24. The van der Waals surface area contributed by atoms with Gasteiger partial charge in [0.1, 0.15) is 0 Å². The zero-order valence-corrected chi connectivity index (χ0v) is 12.3. The largest absolute Gasteiger partial charge is 0.391 e. The predicted octanol–water partition coefficient (Wildman–Crippen LogP) is 1.52. The fourth-order valence-corrected chi connectivity index (χ4v) is 3.67. The summed E-state index contributed by atoms with van der Waals surface area (Å²) in [6.45, 7) is 3.88. The van der Waals surface area contributed by atoms with Crippen LogP contribution in [0.5, 0.6) is 0 Å². The Bertz CT molecular complexity index is 409. The number of aliphatic hydroxyl groups is 1. The number of aliphatic hydroxyl groups excluding tert-OH is 1. The van der Waals surface area contributed by atoms with Crippen LogP contribution in [0.1, 0.15) is 46.0 Å². The number of hydrogen-bond donors (Lipinski definition) is 1. The van der Waals surface area contributed by atoms with Crippen LogP contribution < -0.4 is 0 Å². The van der Waals surface area contributed by atoms with E-state index in [0.29, 0.717) is 6.61 Å². The SMILES string of the molecule is CC(C)(C(O)C1CCOC2(CCC2)C1)S(C)(=O)=O. The van der Waals surface area contributed by atoms with Crippen molar-refractivity contribution in [2.45, 2.75) is 62.4 Å². The van der Waals surface area contributed by atoms with Gasteiger partial charge >= 0.3 is 0 Å². The van der Waals surface area contributed by atoms with E-state index in [1.807, 2.05) is 0 Å². The standard InChI is InChI=1S/C13H24O4S/c1-12(2,18(3,15)16)11(14)10-5-8-17-13(9-10)6-4-7-13/h10-11,14H,4-9H2,1-3H3. The second-order valence-electron chi connectivity index (χ2n) is 6.46. The van der Waals surface area contributed by atoms with Crippen LogP contribution >= 0.6 is 0 Å². The third-order valence-corrected chi connectivity index (χ3v) is 7.06. The smallest absolute Gasteiger partial charge is 0.155 e. The third-order valence-electron chi connectivity index (χ3n) is 4.91. The van der Waals surface area contributed by atoms with Crippen LogP contribution in [-0.4, -0.2) is 42.8 Å². The first-order chi connectivity index (χ1) is 8.18. The summed E-state index contributed by atoms with van der Waals surface area (Å²) in [5.41, 5.74) is -0.0581. The second kappa shape index (κ2) is 4.46. The van der Waals surface area contributed by atoms with Gasteiger partial charge in [0, 0.05) is 12.9 Å². The van der Waals surface area contributed by atoms with Gasteiger partial charge in [-0.25, -0.2) is 8.42 Å². The van der Waals surface area contributed by atoms with Crippen LogP contribution in [-0.2, 0) is 14.6 Å². The Morgan fingerprint density at radius 1 is 1.39 bits per heavy atom. The van der Waals surface area contributed by atoms with Crippen molar-refractivity contribution < 1.29 is 18.3 Å². The molecule has 1 aliphatic heterocycles. The molecule has 1 heterocycles. The Hall–Kier alpha value is -0.130. The van der Waals surface area contributed by atoms with E-state index in [2.05, 4.69) is 0 Å². The van der Waals surface area contributed by atoms with Gasteiger partial charge in [-0.3, -0.25) is 0 Å². The molecule has 0 aromatic rings. The number of rotatable bonds is 3. The summed E-state index contributed by atoms with van der Waals surface area (Å²) in [7, 11) is -3.27. The quantitative estimate of drug-likeness (QED) is 0.849. The van der Waals surface area contributed by atoms with E-state index < -0.39 is 20.7 Å². The molecule has 2 fully saturated rings. The molecule has 1 saturated carbocycles. The molecule has 2 unspecified atom stereocenters. The molecule has 0 aromatic carbocycles. The van der Waals surface area contributed by atoms with Crippen molar-refractivity contribution in [2.24, 2.45) is 5.92 Å². The van der Waals surface area contributed by atoms with Crippen LogP contribution in [0.4, 0.5) is 0 Å². The molecular formula is C13H24O4S. The summed E-state index contributed by atoms with van der Waals surface area (Å²) in [6.07, 6.45) is 5.22. The molecule has 2 aliphatic rings. The lowest BCUT2D eigenvalue weighted by Crippen LogP contribution is -2.53. The van der Waals surface area contributed by atoms with Gasteiger partial charge in [0.05, 0.1) is 16.5 Å². The predicted molar refractivity (Wildman–Crippen MR) is 70.2 cm³/mol. The molecule has 0 bridgehead atoms. The lowest BCUT2D eigenvalue weighted by atomic mass is 9.69. The molecule has 1 spiro atoms. The first-order valence-corrected chi connectivity index (χ1v) is 8.59. The monoisotopic (exact) mass is 276 g/mol. The fourth-order valence-electron chi connectivity index (χ4n) is 3.04. The molecule has 0 aromatic heterocycles.